The number of methoxy groups -OCH3 is 1. The van der Waals surface area contributed by atoms with Gasteiger partial charge < -0.3 is 4.74 Å². The van der Waals surface area contributed by atoms with Crippen molar-refractivity contribution < 1.29 is 14.3 Å². The number of amides is 2. The van der Waals surface area contributed by atoms with Crippen molar-refractivity contribution in [3.05, 3.63) is 58.0 Å². The van der Waals surface area contributed by atoms with Crippen LogP contribution in [-0.4, -0.2) is 18.3 Å². The third-order valence-corrected chi connectivity index (χ3v) is 5.95. The van der Waals surface area contributed by atoms with Gasteiger partial charge in [-0.05, 0) is 63.1 Å². The summed E-state index contributed by atoms with van der Waals surface area (Å²) in [5.41, 5.74) is 5.39. The lowest BCUT2D eigenvalue weighted by atomic mass is 9.79. The van der Waals surface area contributed by atoms with Crippen molar-refractivity contribution in [2.75, 3.05) is 7.11 Å². The van der Waals surface area contributed by atoms with Gasteiger partial charge in [-0.2, -0.15) is 0 Å². The Balaban J connectivity index is 2.18. The number of thioether (sulfide) groups is 1. The standard InChI is InChI=1S/C25H29NO3S/c1-24(2,3)17-12-16(13-18(14-17)25(4,5)6)19-10-15(8-9-20(19)29-7)11-21-22(27)26-23(28)30-21/h8-14H,1-7H3,(H,26,27,28)/b21-11+. The summed E-state index contributed by atoms with van der Waals surface area (Å²) < 4.78 is 5.65. The van der Waals surface area contributed by atoms with E-state index in [1.54, 1.807) is 13.2 Å². The first-order valence-electron chi connectivity index (χ1n) is 9.98. The number of rotatable bonds is 3. The predicted molar refractivity (Wildman–Crippen MR) is 125 cm³/mol. The third kappa shape index (κ3) is 4.78. The molecule has 1 saturated heterocycles. The highest BCUT2D eigenvalue weighted by atomic mass is 32.2. The van der Waals surface area contributed by atoms with Crippen LogP contribution in [0.5, 0.6) is 5.75 Å². The molecular formula is C25H29NO3S. The molecule has 0 saturated carbocycles. The van der Waals surface area contributed by atoms with Gasteiger partial charge in [-0.25, -0.2) is 0 Å². The lowest BCUT2D eigenvalue weighted by molar-refractivity contribution is -0.115. The summed E-state index contributed by atoms with van der Waals surface area (Å²) in [6.07, 6.45) is 1.74. The first-order chi connectivity index (χ1) is 13.9. The number of imide groups is 1. The van der Waals surface area contributed by atoms with E-state index in [0.29, 0.717) is 4.91 Å². The summed E-state index contributed by atoms with van der Waals surface area (Å²) in [4.78, 5) is 23.8. The summed E-state index contributed by atoms with van der Waals surface area (Å²) in [5.74, 6) is 0.412. The molecule has 5 heteroatoms. The molecule has 0 spiro atoms. The first-order valence-corrected chi connectivity index (χ1v) is 10.8. The van der Waals surface area contributed by atoms with Gasteiger partial charge in [0.15, 0.2) is 0 Å². The van der Waals surface area contributed by atoms with Gasteiger partial charge in [-0.1, -0.05) is 65.8 Å². The summed E-state index contributed by atoms with van der Waals surface area (Å²) >= 11 is 0.922. The van der Waals surface area contributed by atoms with Gasteiger partial charge in [0.2, 0.25) is 0 Å². The fourth-order valence-corrected chi connectivity index (χ4v) is 3.94. The van der Waals surface area contributed by atoms with Crippen molar-refractivity contribution in [1.82, 2.24) is 5.32 Å². The predicted octanol–water partition coefficient (Wildman–Crippen LogP) is 6.28. The topological polar surface area (TPSA) is 55.4 Å². The Bertz CT molecular complexity index is 1010. The number of hydrogen-bond acceptors (Lipinski definition) is 4. The van der Waals surface area contributed by atoms with Gasteiger partial charge >= 0.3 is 0 Å². The maximum absolute atomic E-state index is 11.9. The van der Waals surface area contributed by atoms with Crippen molar-refractivity contribution in [3.8, 4) is 16.9 Å². The van der Waals surface area contributed by atoms with Crippen LogP contribution in [0.25, 0.3) is 17.2 Å². The van der Waals surface area contributed by atoms with Crippen LogP contribution in [0, 0.1) is 0 Å². The number of benzene rings is 2. The van der Waals surface area contributed by atoms with Crippen molar-refractivity contribution in [2.45, 2.75) is 52.4 Å². The summed E-state index contributed by atoms with van der Waals surface area (Å²) in [5, 5.41) is 1.96. The zero-order valence-electron chi connectivity index (χ0n) is 18.7. The molecule has 3 rings (SSSR count). The van der Waals surface area contributed by atoms with Crippen LogP contribution >= 0.6 is 11.8 Å². The van der Waals surface area contributed by atoms with Gasteiger partial charge in [0.25, 0.3) is 11.1 Å². The van der Waals surface area contributed by atoms with Crippen molar-refractivity contribution in [2.24, 2.45) is 0 Å². The zero-order valence-corrected chi connectivity index (χ0v) is 19.5. The molecule has 1 aliphatic heterocycles. The fraction of sp³-hybridized carbons (Fsp3) is 0.360. The summed E-state index contributed by atoms with van der Waals surface area (Å²) in [6.45, 7) is 13.3. The van der Waals surface area contributed by atoms with Crippen molar-refractivity contribution in [3.63, 3.8) is 0 Å². The van der Waals surface area contributed by atoms with E-state index in [-0.39, 0.29) is 22.0 Å². The summed E-state index contributed by atoms with van der Waals surface area (Å²) in [7, 11) is 1.66. The van der Waals surface area contributed by atoms with E-state index >= 15 is 0 Å². The Labute approximate surface area is 183 Å². The van der Waals surface area contributed by atoms with Crippen LogP contribution in [0.2, 0.25) is 0 Å². The van der Waals surface area contributed by atoms with Crippen LogP contribution in [0.15, 0.2) is 41.3 Å². The van der Waals surface area contributed by atoms with E-state index in [1.807, 2.05) is 18.2 Å². The molecule has 30 heavy (non-hydrogen) atoms. The quantitative estimate of drug-likeness (QED) is 0.590. The molecule has 0 unspecified atom stereocenters. The zero-order chi connectivity index (χ0) is 22.3. The lowest BCUT2D eigenvalue weighted by Gasteiger charge is -2.26. The van der Waals surface area contributed by atoms with E-state index < -0.39 is 0 Å². The Morgan fingerprint density at radius 2 is 1.50 bits per heavy atom. The number of ether oxygens (including phenoxy) is 1. The molecule has 1 heterocycles. The maximum Gasteiger partial charge on any atom is 0.290 e. The number of carbonyl (C=O) groups excluding carboxylic acids is 2. The Morgan fingerprint density at radius 3 is 1.97 bits per heavy atom. The SMILES string of the molecule is COc1ccc(/C=C2/SC(=O)NC2=O)cc1-c1cc(C(C)(C)C)cc(C(C)(C)C)c1. The molecule has 4 nitrogen and oxygen atoms in total. The first kappa shape index (κ1) is 22.2. The second-order valence-corrected chi connectivity index (χ2v) is 10.6. The third-order valence-electron chi connectivity index (χ3n) is 5.14. The van der Waals surface area contributed by atoms with Crippen LogP contribution in [-0.2, 0) is 15.6 Å². The van der Waals surface area contributed by atoms with Gasteiger partial charge in [-0.15, -0.1) is 0 Å². The average Bonchev–Trinajstić information content (AvgIpc) is 2.96. The van der Waals surface area contributed by atoms with Crippen molar-refractivity contribution in [1.29, 1.82) is 0 Å². The minimum atomic E-state index is -0.355. The Kier molecular flexibility index (Phi) is 5.87. The molecule has 0 radical (unpaired) electrons. The molecule has 0 bridgehead atoms. The van der Waals surface area contributed by atoms with E-state index in [9.17, 15) is 9.59 Å². The second kappa shape index (κ2) is 7.95. The highest BCUT2D eigenvalue weighted by Gasteiger charge is 2.25. The van der Waals surface area contributed by atoms with Crippen molar-refractivity contribution >= 4 is 29.0 Å². The molecule has 0 aliphatic carbocycles. The number of carbonyl (C=O) groups is 2. The van der Waals surface area contributed by atoms with Crippen LogP contribution in [0.4, 0.5) is 4.79 Å². The average molecular weight is 424 g/mol. The van der Waals surface area contributed by atoms with E-state index in [1.165, 1.54) is 11.1 Å². The minimum absolute atomic E-state index is 0.00176. The molecule has 1 fully saturated rings. The second-order valence-electron chi connectivity index (χ2n) is 9.61. The highest BCUT2D eigenvalue weighted by molar-refractivity contribution is 8.18. The molecule has 1 N–H and O–H groups in total. The molecule has 2 amide bonds. The molecule has 0 aromatic heterocycles. The van der Waals surface area contributed by atoms with E-state index in [0.717, 1.165) is 34.2 Å². The number of hydrogen-bond donors (Lipinski definition) is 1. The molecular weight excluding hydrogens is 394 g/mol. The molecule has 158 valence electrons. The van der Waals surface area contributed by atoms with Gasteiger partial charge in [0.1, 0.15) is 5.75 Å². The lowest BCUT2D eigenvalue weighted by Crippen LogP contribution is -2.17. The smallest absolute Gasteiger partial charge is 0.290 e. The molecule has 2 aromatic carbocycles. The fourth-order valence-electron chi connectivity index (χ4n) is 3.26. The summed E-state index contributed by atoms with van der Waals surface area (Å²) in [6, 6.07) is 12.5. The molecule has 0 atom stereocenters. The van der Waals surface area contributed by atoms with Gasteiger partial charge in [0, 0.05) is 5.56 Å². The monoisotopic (exact) mass is 423 g/mol. The van der Waals surface area contributed by atoms with E-state index in [2.05, 4.69) is 65.1 Å². The Hall–Kier alpha value is -2.53. The van der Waals surface area contributed by atoms with Crippen LogP contribution in [0.3, 0.4) is 0 Å². The van der Waals surface area contributed by atoms with Crippen LogP contribution < -0.4 is 10.1 Å². The highest BCUT2D eigenvalue weighted by Crippen LogP contribution is 2.38. The maximum atomic E-state index is 11.9. The molecule has 2 aromatic rings. The van der Waals surface area contributed by atoms with Gasteiger partial charge in [0.05, 0.1) is 12.0 Å². The van der Waals surface area contributed by atoms with Gasteiger partial charge in [-0.3, -0.25) is 14.9 Å². The Morgan fingerprint density at radius 1 is 0.900 bits per heavy atom. The number of nitrogens with one attached hydrogen (secondary N) is 1. The van der Waals surface area contributed by atoms with Crippen LogP contribution in [0.1, 0.15) is 58.2 Å². The molecule has 1 aliphatic rings. The minimum Gasteiger partial charge on any atom is -0.496 e. The van der Waals surface area contributed by atoms with E-state index in [4.69, 9.17) is 4.74 Å². The largest absolute Gasteiger partial charge is 0.496 e. The normalized spacial score (nSPS) is 16.2.